The third kappa shape index (κ3) is 3.72. The van der Waals surface area contributed by atoms with Gasteiger partial charge in [-0.15, -0.1) is 0 Å². The molecule has 1 aliphatic rings. The van der Waals surface area contributed by atoms with Gasteiger partial charge < -0.3 is 0 Å². The smallest absolute Gasteiger partial charge is 0.211 e. The first kappa shape index (κ1) is 17.1. The molecule has 0 radical (unpaired) electrons. The average Bonchev–Trinajstić information content (AvgIpc) is 2.95. The van der Waals surface area contributed by atoms with Gasteiger partial charge in [0.05, 0.1) is 0 Å². The van der Waals surface area contributed by atoms with Crippen molar-refractivity contribution < 1.29 is 21.2 Å². The van der Waals surface area contributed by atoms with Crippen molar-refractivity contribution in [1.29, 1.82) is 0 Å². The van der Waals surface area contributed by atoms with E-state index in [-0.39, 0.29) is 30.4 Å². The van der Waals surface area contributed by atoms with Gasteiger partial charge in [0, 0.05) is 25.0 Å². The van der Waals surface area contributed by atoms with Gasteiger partial charge in [-0.05, 0) is 24.5 Å². The van der Waals surface area contributed by atoms with Crippen LogP contribution in [0, 0.1) is 11.7 Å². The summed E-state index contributed by atoms with van der Waals surface area (Å²) in [5.74, 6) is -0.949. The normalized spacial score (nSPS) is 20.1. The second-order valence-corrected chi connectivity index (χ2v) is 8.63. The molecular weight excluding hydrogens is 331 g/mol. The van der Waals surface area contributed by atoms with Gasteiger partial charge in [-0.2, -0.15) is 4.31 Å². The third-order valence-electron chi connectivity index (χ3n) is 3.50. The van der Waals surface area contributed by atoms with Crippen LogP contribution in [0.3, 0.4) is 0 Å². The largest absolute Gasteiger partial charge is 0.245 e. The Morgan fingerprint density at radius 3 is 2.64 bits per heavy atom. The quantitative estimate of drug-likeness (QED) is 0.828. The molecule has 22 heavy (non-hydrogen) atoms. The summed E-state index contributed by atoms with van der Waals surface area (Å²) in [5, 5.41) is 0.801. The number of nitrogens with one attached hydrogen (secondary N) is 1. The Hall–Kier alpha value is -1.29. The first-order valence-corrected chi connectivity index (χ1v) is 9.61. The maximum Gasteiger partial charge on any atom is 0.245 e. The topological polar surface area (TPSA) is 83.6 Å². The molecule has 1 aromatic rings. The van der Waals surface area contributed by atoms with Crippen molar-refractivity contribution in [1.82, 2.24) is 9.03 Å². The van der Waals surface area contributed by atoms with Gasteiger partial charge in [0.2, 0.25) is 20.0 Å². The van der Waals surface area contributed by atoms with Crippen LogP contribution in [-0.2, 0) is 20.0 Å². The lowest BCUT2D eigenvalue weighted by atomic mass is 10.1. The van der Waals surface area contributed by atoms with Crippen LogP contribution in [0.15, 0.2) is 41.1 Å². The summed E-state index contributed by atoms with van der Waals surface area (Å²) in [5.41, 5.74) is 0. The first-order valence-electron chi connectivity index (χ1n) is 6.63. The van der Waals surface area contributed by atoms with Gasteiger partial charge in [-0.3, -0.25) is 0 Å². The van der Waals surface area contributed by atoms with E-state index in [0.717, 1.165) is 11.5 Å². The monoisotopic (exact) mass is 348 g/mol. The highest BCUT2D eigenvalue weighted by molar-refractivity contribution is 7.92. The Kier molecular flexibility index (Phi) is 5.00. The molecule has 0 bridgehead atoms. The molecule has 2 rings (SSSR count). The highest BCUT2D eigenvalue weighted by Crippen LogP contribution is 2.25. The lowest BCUT2D eigenvalue weighted by molar-refractivity contribution is 0.449. The number of sulfonamides is 2. The summed E-state index contributed by atoms with van der Waals surface area (Å²) in [6.07, 6.45) is 0.507. The van der Waals surface area contributed by atoms with Crippen molar-refractivity contribution in [3.8, 4) is 0 Å². The summed E-state index contributed by atoms with van der Waals surface area (Å²) >= 11 is 0. The minimum absolute atomic E-state index is 0.123. The van der Waals surface area contributed by atoms with E-state index in [9.17, 15) is 21.2 Å². The predicted molar refractivity (Wildman–Crippen MR) is 80.4 cm³/mol. The van der Waals surface area contributed by atoms with Crippen LogP contribution < -0.4 is 4.72 Å². The van der Waals surface area contributed by atoms with E-state index in [1.165, 1.54) is 22.5 Å². The Morgan fingerprint density at radius 1 is 1.32 bits per heavy atom. The molecule has 1 unspecified atom stereocenters. The van der Waals surface area contributed by atoms with Crippen LogP contribution in [-0.4, -0.2) is 40.8 Å². The van der Waals surface area contributed by atoms with Gasteiger partial charge in [0.25, 0.3) is 0 Å². The SMILES string of the molecule is C=CS(=O)(=O)NCC1CCN(S(=O)(=O)c2ccccc2F)C1. The molecule has 1 fully saturated rings. The zero-order chi connectivity index (χ0) is 16.4. The summed E-state index contributed by atoms with van der Waals surface area (Å²) in [4.78, 5) is -0.359. The molecular formula is C13H17FN2O4S2. The maximum absolute atomic E-state index is 13.7. The second kappa shape index (κ2) is 6.45. The summed E-state index contributed by atoms with van der Waals surface area (Å²) < 4.78 is 64.5. The number of hydrogen-bond acceptors (Lipinski definition) is 4. The molecule has 1 saturated heterocycles. The summed E-state index contributed by atoms with van der Waals surface area (Å²) in [6, 6.07) is 5.20. The molecule has 1 N–H and O–H groups in total. The zero-order valence-corrected chi connectivity index (χ0v) is 13.4. The van der Waals surface area contributed by atoms with Crippen LogP contribution in [0.5, 0.6) is 0 Å². The van der Waals surface area contributed by atoms with Crippen LogP contribution in [0.4, 0.5) is 4.39 Å². The van der Waals surface area contributed by atoms with Gasteiger partial charge in [0.1, 0.15) is 10.7 Å². The van der Waals surface area contributed by atoms with Crippen molar-refractivity contribution in [2.45, 2.75) is 11.3 Å². The van der Waals surface area contributed by atoms with Crippen molar-refractivity contribution >= 4 is 20.0 Å². The second-order valence-electron chi connectivity index (χ2n) is 5.01. The summed E-state index contributed by atoms with van der Waals surface area (Å²) in [7, 11) is -7.43. The maximum atomic E-state index is 13.7. The number of halogens is 1. The summed E-state index contributed by atoms with van der Waals surface area (Å²) in [6.45, 7) is 3.69. The average molecular weight is 348 g/mol. The van der Waals surface area contributed by atoms with Gasteiger partial charge in [-0.25, -0.2) is 25.9 Å². The fourth-order valence-corrected chi connectivity index (χ4v) is 4.45. The highest BCUT2D eigenvalue weighted by Gasteiger charge is 2.34. The molecule has 1 aliphatic heterocycles. The Labute approximate surface area is 129 Å². The Balaban J connectivity index is 2.07. The van der Waals surface area contributed by atoms with Crippen molar-refractivity contribution in [3.05, 3.63) is 42.1 Å². The van der Waals surface area contributed by atoms with E-state index >= 15 is 0 Å². The lowest BCUT2D eigenvalue weighted by Crippen LogP contribution is -2.32. The van der Waals surface area contributed by atoms with E-state index in [4.69, 9.17) is 0 Å². The molecule has 122 valence electrons. The highest BCUT2D eigenvalue weighted by atomic mass is 32.2. The van der Waals surface area contributed by atoms with Crippen LogP contribution in [0.25, 0.3) is 0 Å². The minimum atomic E-state index is -3.90. The number of nitrogens with zero attached hydrogens (tertiary/aromatic N) is 1. The van der Waals surface area contributed by atoms with E-state index in [1.807, 2.05) is 0 Å². The molecule has 1 atom stereocenters. The fourth-order valence-electron chi connectivity index (χ4n) is 2.27. The van der Waals surface area contributed by atoms with E-state index < -0.39 is 25.9 Å². The van der Waals surface area contributed by atoms with E-state index in [0.29, 0.717) is 6.42 Å². The molecule has 0 saturated carbocycles. The van der Waals surface area contributed by atoms with Crippen molar-refractivity contribution in [3.63, 3.8) is 0 Å². The molecule has 0 spiro atoms. The molecule has 0 amide bonds. The Morgan fingerprint density at radius 2 is 2.00 bits per heavy atom. The van der Waals surface area contributed by atoms with Crippen LogP contribution in [0.1, 0.15) is 6.42 Å². The number of benzene rings is 1. The fraction of sp³-hybridized carbons (Fsp3) is 0.385. The molecule has 0 aliphatic carbocycles. The van der Waals surface area contributed by atoms with Crippen LogP contribution >= 0.6 is 0 Å². The van der Waals surface area contributed by atoms with Crippen molar-refractivity contribution in [2.24, 2.45) is 5.92 Å². The molecule has 6 nitrogen and oxygen atoms in total. The van der Waals surface area contributed by atoms with Gasteiger partial charge in [0.15, 0.2) is 0 Å². The molecule has 1 heterocycles. The molecule has 0 aromatic heterocycles. The predicted octanol–water partition coefficient (Wildman–Crippen LogP) is 0.899. The Bertz CT molecular complexity index is 762. The standard InChI is InChI=1S/C13H17FN2O4S2/c1-2-21(17,18)15-9-11-7-8-16(10-11)22(19,20)13-6-4-3-5-12(13)14/h2-6,11,15H,1,7-10H2. The van der Waals surface area contributed by atoms with Gasteiger partial charge >= 0.3 is 0 Å². The van der Waals surface area contributed by atoms with Crippen molar-refractivity contribution in [2.75, 3.05) is 19.6 Å². The zero-order valence-electron chi connectivity index (χ0n) is 11.8. The minimum Gasteiger partial charge on any atom is -0.211 e. The molecule has 1 aromatic carbocycles. The lowest BCUT2D eigenvalue weighted by Gasteiger charge is -2.17. The molecule has 9 heteroatoms. The van der Waals surface area contributed by atoms with Gasteiger partial charge in [-0.1, -0.05) is 18.7 Å². The first-order chi connectivity index (χ1) is 10.3. The number of rotatable bonds is 6. The van der Waals surface area contributed by atoms with E-state index in [2.05, 4.69) is 11.3 Å². The number of hydrogen-bond donors (Lipinski definition) is 1. The third-order valence-corrected chi connectivity index (χ3v) is 6.40. The van der Waals surface area contributed by atoms with E-state index in [1.54, 1.807) is 0 Å². The van der Waals surface area contributed by atoms with Crippen LogP contribution in [0.2, 0.25) is 0 Å².